The van der Waals surface area contributed by atoms with Gasteiger partial charge in [0, 0.05) is 6.42 Å². The van der Waals surface area contributed by atoms with Crippen molar-refractivity contribution in [2.45, 2.75) is 25.6 Å². The standard InChI is InChI=1S/C18H16O4/c1-12(13-7-3-2-4-8-13)21-18(20)16-11-14-9-5-6-10-15(14)17(19)22-16/h2-10,12,16H,11H2,1H3/t12-,16-/m1/s1. The third kappa shape index (κ3) is 2.86. The molecule has 0 bridgehead atoms. The van der Waals surface area contributed by atoms with Crippen LogP contribution in [0, 0.1) is 0 Å². The molecule has 2 aromatic rings. The monoisotopic (exact) mass is 296 g/mol. The molecule has 0 spiro atoms. The van der Waals surface area contributed by atoms with E-state index in [1.54, 1.807) is 19.1 Å². The van der Waals surface area contributed by atoms with Gasteiger partial charge in [0.25, 0.3) is 0 Å². The van der Waals surface area contributed by atoms with Crippen LogP contribution >= 0.6 is 0 Å². The molecule has 0 aromatic heterocycles. The molecule has 1 heterocycles. The van der Waals surface area contributed by atoms with Crippen LogP contribution < -0.4 is 0 Å². The average molecular weight is 296 g/mol. The van der Waals surface area contributed by atoms with E-state index >= 15 is 0 Å². The Hall–Kier alpha value is -2.62. The molecular formula is C18H16O4. The summed E-state index contributed by atoms with van der Waals surface area (Å²) in [6, 6.07) is 16.6. The molecular weight excluding hydrogens is 280 g/mol. The fourth-order valence-corrected chi connectivity index (χ4v) is 2.51. The molecule has 1 aliphatic heterocycles. The van der Waals surface area contributed by atoms with E-state index in [4.69, 9.17) is 9.47 Å². The predicted molar refractivity (Wildman–Crippen MR) is 80.3 cm³/mol. The molecule has 1 aliphatic rings. The molecule has 0 saturated heterocycles. The van der Waals surface area contributed by atoms with Gasteiger partial charge in [-0.3, -0.25) is 0 Å². The third-order valence-corrected chi connectivity index (χ3v) is 3.72. The molecule has 0 unspecified atom stereocenters. The first-order valence-corrected chi connectivity index (χ1v) is 7.19. The van der Waals surface area contributed by atoms with Crippen molar-refractivity contribution < 1.29 is 19.1 Å². The quantitative estimate of drug-likeness (QED) is 0.817. The largest absolute Gasteiger partial charge is 0.455 e. The van der Waals surface area contributed by atoms with Crippen LogP contribution in [0.4, 0.5) is 0 Å². The Morgan fingerprint density at radius 1 is 1.14 bits per heavy atom. The van der Waals surface area contributed by atoms with E-state index in [-0.39, 0.29) is 6.10 Å². The third-order valence-electron chi connectivity index (χ3n) is 3.72. The summed E-state index contributed by atoms with van der Waals surface area (Å²) in [5.41, 5.74) is 2.23. The highest BCUT2D eigenvalue weighted by molar-refractivity contribution is 5.94. The minimum atomic E-state index is -0.881. The lowest BCUT2D eigenvalue weighted by Gasteiger charge is -2.24. The number of rotatable bonds is 3. The first-order chi connectivity index (χ1) is 10.6. The molecule has 0 aliphatic carbocycles. The zero-order valence-electron chi connectivity index (χ0n) is 12.2. The van der Waals surface area contributed by atoms with Crippen molar-refractivity contribution in [1.29, 1.82) is 0 Å². The van der Waals surface area contributed by atoms with Crippen LogP contribution in [-0.2, 0) is 20.7 Å². The zero-order valence-corrected chi connectivity index (χ0v) is 12.2. The molecule has 3 rings (SSSR count). The smallest absolute Gasteiger partial charge is 0.348 e. The number of hydrogen-bond acceptors (Lipinski definition) is 4. The highest BCUT2D eigenvalue weighted by atomic mass is 16.6. The van der Waals surface area contributed by atoms with Crippen molar-refractivity contribution in [3.05, 3.63) is 71.3 Å². The molecule has 22 heavy (non-hydrogen) atoms. The topological polar surface area (TPSA) is 52.6 Å². The van der Waals surface area contributed by atoms with Crippen molar-refractivity contribution in [3.8, 4) is 0 Å². The lowest BCUT2D eigenvalue weighted by molar-refractivity contribution is -0.159. The number of hydrogen-bond donors (Lipinski definition) is 0. The van der Waals surface area contributed by atoms with Gasteiger partial charge in [-0.05, 0) is 24.1 Å². The van der Waals surface area contributed by atoms with Crippen LogP contribution in [0.2, 0.25) is 0 Å². The SMILES string of the molecule is C[C@@H](OC(=O)[C@H]1Cc2ccccc2C(=O)O1)c1ccccc1. The van der Waals surface area contributed by atoms with Gasteiger partial charge in [-0.25, -0.2) is 9.59 Å². The van der Waals surface area contributed by atoms with Gasteiger partial charge in [-0.15, -0.1) is 0 Å². The van der Waals surface area contributed by atoms with E-state index in [0.717, 1.165) is 11.1 Å². The van der Waals surface area contributed by atoms with E-state index in [1.807, 2.05) is 42.5 Å². The van der Waals surface area contributed by atoms with Gasteiger partial charge in [0.2, 0.25) is 6.10 Å². The second-order valence-electron chi connectivity index (χ2n) is 5.25. The highest BCUT2D eigenvalue weighted by Gasteiger charge is 2.33. The van der Waals surface area contributed by atoms with Crippen molar-refractivity contribution in [3.63, 3.8) is 0 Å². The van der Waals surface area contributed by atoms with Crippen LogP contribution in [0.25, 0.3) is 0 Å². The number of esters is 2. The maximum Gasteiger partial charge on any atom is 0.348 e. The second-order valence-corrected chi connectivity index (χ2v) is 5.25. The number of carbonyl (C=O) groups is 2. The lowest BCUT2D eigenvalue weighted by atomic mass is 9.99. The summed E-state index contributed by atoms with van der Waals surface area (Å²) in [7, 11) is 0. The van der Waals surface area contributed by atoms with Crippen LogP contribution in [0.5, 0.6) is 0 Å². The first-order valence-electron chi connectivity index (χ1n) is 7.19. The highest BCUT2D eigenvalue weighted by Crippen LogP contribution is 2.23. The van der Waals surface area contributed by atoms with E-state index in [2.05, 4.69) is 0 Å². The van der Waals surface area contributed by atoms with Crippen molar-refractivity contribution >= 4 is 11.9 Å². The van der Waals surface area contributed by atoms with Crippen molar-refractivity contribution in [2.75, 3.05) is 0 Å². The maximum atomic E-state index is 12.2. The number of fused-ring (bicyclic) bond motifs is 1. The first kappa shape index (κ1) is 14.3. The second kappa shape index (κ2) is 6.02. The van der Waals surface area contributed by atoms with Gasteiger partial charge in [-0.1, -0.05) is 48.5 Å². The fraction of sp³-hybridized carbons (Fsp3) is 0.222. The zero-order chi connectivity index (χ0) is 15.5. The summed E-state index contributed by atoms with van der Waals surface area (Å²) in [6.45, 7) is 1.80. The van der Waals surface area contributed by atoms with Gasteiger partial charge >= 0.3 is 11.9 Å². The lowest BCUT2D eigenvalue weighted by Crippen LogP contribution is -2.35. The van der Waals surface area contributed by atoms with Crippen LogP contribution in [0.3, 0.4) is 0 Å². The summed E-state index contributed by atoms with van der Waals surface area (Å²) in [6.07, 6.45) is -0.916. The van der Waals surface area contributed by atoms with Crippen LogP contribution in [-0.4, -0.2) is 18.0 Å². The number of cyclic esters (lactones) is 1. The van der Waals surface area contributed by atoms with Gasteiger partial charge in [0.1, 0.15) is 6.10 Å². The summed E-state index contributed by atoms with van der Waals surface area (Å²) >= 11 is 0. The molecule has 2 atom stereocenters. The van der Waals surface area contributed by atoms with Crippen LogP contribution in [0.15, 0.2) is 54.6 Å². The molecule has 0 fully saturated rings. The van der Waals surface area contributed by atoms with E-state index in [9.17, 15) is 9.59 Å². The van der Waals surface area contributed by atoms with E-state index in [1.165, 1.54) is 0 Å². The van der Waals surface area contributed by atoms with E-state index in [0.29, 0.717) is 12.0 Å². The Balaban J connectivity index is 1.70. The van der Waals surface area contributed by atoms with E-state index < -0.39 is 18.0 Å². The Kier molecular flexibility index (Phi) is 3.92. The summed E-state index contributed by atoms with van der Waals surface area (Å²) in [5, 5.41) is 0. The van der Waals surface area contributed by atoms with Crippen molar-refractivity contribution in [2.24, 2.45) is 0 Å². The Morgan fingerprint density at radius 2 is 1.82 bits per heavy atom. The Bertz CT molecular complexity index is 693. The predicted octanol–water partition coefficient (Wildman–Crippen LogP) is 3.07. The Morgan fingerprint density at radius 3 is 2.59 bits per heavy atom. The molecule has 4 nitrogen and oxygen atoms in total. The summed E-state index contributed by atoms with van der Waals surface area (Å²) in [5.74, 6) is -0.990. The summed E-state index contributed by atoms with van der Waals surface area (Å²) < 4.78 is 10.6. The molecule has 0 N–H and O–H groups in total. The molecule has 0 amide bonds. The van der Waals surface area contributed by atoms with Crippen LogP contribution in [0.1, 0.15) is 34.5 Å². The molecule has 112 valence electrons. The molecule has 4 heteroatoms. The molecule has 0 saturated carbocycles. The molecule has 0 radical (unpaired) electrons. The normalized spacial score (nSPS) is 18.0. The summed E-state index contributed by atoms with van der Waals surface area (Å²) in [4.78, 5) is 24.2. The maximum absolute atomic E-state index is 12.2. The molecule has 2 aromatic carbocycles. The van der Waals surface area contributed by atoms with Gasteiger partial charge in [-0.2, -0.15) is 0 Å². The minimum absolute atomic E-state index is 0.349. The minimum Gasteiger partial charge on any atom is -0.455 e. The number of ether oxygens (including phenoxy) is 2. The van der Waals surface area contributed by atoms with Gasteiger partial charge < -0.3 is 9.47 Å². The average Bonchev–Trinajstić information content (AvgIpc) is 2.55. The Labute approximate surface area is 128 Å². The van der Waals surface area contributed by atoms with Crippen molar-refractivity contribution in [1.82, 2.24) is 0 Å². The number of carbonyl (C=O) groups excluding carboxylic acids is 2. The van der Waals surface area contributed by atoms with Gasteiger partial charge in [0.05, 0.1) is 5.56 Å². The van der Waals surface area contributed by atoms with Gasteiger partial charge in [0.15, 0.2) is 0 Å². The fourth-order valence-electron chi connectivity index (χ4n) is 2.51. The number of benzene rings is 2.